The van der Waals surface area contributed by atoms with Gasteiger partial charge in [0.2, 0.25) is 0 Å². The van der Waals surface area contributed by atoms with Crippen LogP contribution in [0.1, 0.15) is 38.2 Å². The van der Waals surface area contributed by atoms with Gasteiger partial charge in [0.05, 0.1) is 5.60 Å². The fraction of sp³-hybridized carbons (Fsp3) is 0.600. The largest absolute Gasteiger partial charge is 0.385 e. The fourth-order valence-electron chi connectivity index (χ4n) is 3.99. The first-order valence-corrected chi connectivity index (χ1v) is 8.62. The third-order valence-electron chi connectivity index (χ3n) is 5.17. The Balaban J connectivity index is 2.01. The minimum atomic E-state index is -0.704. The van der Waals surface area contributed by atoms with Gasteiger partial charge in [0.1, 0.15) is 0 Å². The molecule has 0 radical (unpaired) electrons. The van der Waals surface area contributed by atoms with Crippen LogP contribution in [0.5, 0.6) is 0 Å². The zero-order valence-corrected chi connectivity index (χ0v) is 14.2. The molecule has 0 amide bonds. The first kappa shape index (κ1) is 13.4. The Bertz CT molecular complexity index is 456. The van der Waals surface area contributed by atoms with Gasteiger partial charge in [-0.3, -0.25) is 0 Å². The van der Waals surface area contributed by atoms with Crippen LogP contribution < -0.4 is 0 Å². The molecule has 2 aliphatic rings. The van der Waals surface area contributed by atoms with Gasteiger partial charge in [-0.2, -0.15) is 0 Å². The van der Waals surface area contributed by atoms with Gasteiger partial charge >= 0.3 is 0 Å². The lowest BCUT2D eigenvalue weighted by atomic mass is 9.67. The van der Waals surface area contributed by atoms with E-state index in [-0.39, 0.29) is 5.41 Å². The molecule has 98 valence electrons. The van der Waals surface area contributed by atoms with Crippen LogP contribution in [0.15, 0.2) is 28.7 Å². The van der Waals surface area contributed by atoms with Gasteiger partial charge in [0.15, 0.2) is 0 Å². The van der Waals surface area contributed by atoms with Crippen molar-refractivity contribution in [2.24, 2.45) is 11.3 Å². The topological polar surface area (TPSA) is 20.2 Å². The maximum Gasteiger partial charge on any atom is 0.0934 e. The molecule has 4 atom stereocenters. The number of halogens is 2. The van der Waals surface area contributed by atoms with Crippen molar-refractivity contribution >= 4 is 38.5 Å². The lowest BCUT2D eigenvalue weighted by Gasteiger charge is -2.45. The zero-order chi connectivity index (χ0) is 13.0. The van der Waals surface area contributed by atoms with Crippen LogP contribution in [-0.4, -0.2) is 9.03 Å². The summed E-state index contributed by atoms with van der Waals surface area (Å²) in [6.07, 6.45) is 4.96. The van der Waals surface area contributed by atoms with E-state index in [1.165, 1.54) is 25.7 Å². The van der Waals surface area contributed by atoms with E-state index in [0.717, 1.165) is 16.0 Å². The summed E-state index contributed by atoms with van der Waals surface area (Å²) >= 11 is 6.03. The summed E-state index contributed by atoms with van der Waals surface area (Å²) in [5.74, 6) is 0.842. The number of aliphatic hydroxyl groups is 1. The fourth-order valence-corrected chi connectivity index (χ4v) is 6.15. The van der Waals surface area contributed by atoms with Crippen LogP contribution in [0.25, 0.3) is 0 Å². The van der Waals surface area contributed by atoms with Crippen molar-refractivity contribution < 1.29 is 5.11 Å². The van der Waals surface area contributed by atoms with Crippen molar-refractivity contribution in [2.75, 3.05) is 0 Å². The molecule has 0 saturated heterocycles. The molecular weight excluding hydrogens is 403 g/mol. The van der Waals surface area contributed by atoms with Gasteiger partial charge in [0.25, 0.3) is 0 Å². The quantitative estimate of drug-likeness (QED) is 0.545. The Morgan fingerprint density at radius 2 is 2.06 bits per heavy atom. The Labute approximate surface area is 131 Å². The number of rotatable bonds is 2. The smallest absolute Gasteiger partial charge is 0.0934 e. The average Bonchev–Trinajstić information content (AvgIpc) is 2.88. The number of benzene rings is 1. The SMILES string of the molecule is CC(O)(c1ccc(Br)cc1)C12CCC(CC1I)C2. The average molecular weight is 421 g/mol. The Morgan fingerprint density at radius 1 is 1.39 bits per heavy atom. The van der Waals surface area contributed by atoms with Gasteiger partial charge in [-0.25, -0.2) is 0 Å². The highest BCUT2D eigenvalue weighted by Crippen LogP contribution is 2.64. The standard InChI is InChI=1S/C15H18BrIO/c1-14(18,11-2-4-12(16)5-3-11)15-7-6-10(9-15)8-13(15)17/h2-5,10,13,18H,6-9H2,1H3. The number of hydrogen-bond acceptors (Lipinski definition) is 1. The molecule has 2 bridgehead atoms. The zero-order valence-electron chi connectivity index (χ0n) is 10.5. The van der Waals surface area contributed by atoms with Crippen molar-refractivity contribution in [1.29, 1.82) is 0 Å². The molecule has 0 aromatic heterocycles. The van der Waals surface area contributed by atoms with Crippen molar-refractivity contribution in [3.05, 3.63) is 34.3 Å². The first-order valence-electron chi connectivity index (χ1n) is 6.58. The van der Waals surface area contributed by atoms with Crippen molar-refractivity contribution in [3.8, 4) is 0 Å². The number of alkyl halides is 1. The van der Waals surface area contributed by atoms with E-state index in [0.29, 0.717) is 3.92 Å². The molecule has 2 aliphatic carbocycles. The van der Waals surface area contributed by atoms with Gasteiger partial charge in [-0.1, -0.05) is 50.7 Å². The molecule has 0 heterocycles. The van der Waals surface area contributed by atoms with Gasteiger partial charge in [-0.05, 0) is 56.2 Å². The Morgan fingerprint density at radius 3 is 2.56 bits per heavy atom. The maximum absolute atomic E-state index is 11.2. The van der Waals surface area contributed by atoms with Gasteiger partial charge in [0, 0.05) is 13.8 Å². The molecule has 2 fully saturated rings. The van der Waals surface area contributed by atoms with E-state index >= 15 is 0 Å². The summed E-state index contributed by atoms with van der Waals surface area (Å²) in [7, 11) is 0. The van der Waals surface area contributed by atoms with Crippen LogP contribution >= 0.6 is 38.5 Å². The minimum absolute atomic E-state index is 0.0893. The van der Waals surface area contributed by atoms with E-state index in [1.54, 1.807) is 0 Å². The van der Waals surface area contributed by atoms with E-state index < -0.39 is 5.60 Å². The van der Waals surface area contributed by atoms with Crippen LogP contribution in [-0.2, 0) is 5.60 Å². The van der Waals surface area contributed by atoms with E-state index in [1.807, 2.05) is 19.1 Å². The first-order chi connectivity index (χ1) is 8.46. The summed E-state index contributed by atoms with van der Waals surface area (Å²) in [5.41, 5.74) is 0.451. The van der Waals surface area contributed by atoms with Crippen molar-refractivity contribution in [1.82, 2.24) is 0 Å². The highest BCUT2D eigenvalue weighted by molar-refractivity contribution is 14.1. The second kappa shape index (κ2) is 4.45. The third-order valence-corrected chi connectivity index (χ3v) is 7.40. The second-order valence-electron chi connectivity index (χ2n) is 6.05. The molecule has 2 saturated carbocycles. The molecule has 1 nitrogen and oxygen atoms in total. The number of fused-ring (bicyclic) bond motifs is 2. The van der Waals surface area contributed by atoms with Crippen LogP contribution in [0.3, 0.4) is 0 Å². The molecule has 3 heteroatoms. The van der Waals surface area contributed by atoms with Crippen LogP contribution in [0.2, 0.25) is 0 Å². The van der Waals surface area contributed by atoms with Crippen LogP contribution in [0, 0.1) is 11.3 Å². The number of hydrogen-bond donors (Lipinski definition) is 1. The van der Waals surface area contributed by atoms with Crippen molar-refractivity contribution in [2.45, 2.75) is 42.1 Å². The molecule has 1 aromatic carbocycles. The van der Waals surface area contributed by atoms with Gasteiger partial charge in [-0.15, -0.1) is 0 Å². The van der Waals surface area contributed by atoms with E-state index in [2.05, 4.69) is 50.7 Å². The second-order valence-corrected chi connectivity index (χ2v) is 8.47. The maximum atomic E-state index is 11.2. The third kappa shape index (κ3) is 1.80. The molecule has 1 N–H and O–H groups in total. The molecule has 0 spiro atoms. The molecule has 4 unspecified atom stereocenters. The minimum Gasteiger partial charge on any atom is -0.385 e. The molecule has 0 aliphatic heterocycles. The molecule has 3 rings (SSSR count). The normalized spacial score (nSPS) is 37.8. The lowest BCUT2D eigenvalue weighted by molar-refractivity contribution is -0.0666. The summed E-state index contributed by atoms with van der Waals surface area (Å²) in [6.45, 7) is 2.02. The highest BCUT2D eigenvalue weighted by atomic mass is 127. The van der Waals surface area contributed by atoms with E-state index in [9.17, 15) is 5.11 Å². The summed E-state index contributed by atoms with van der Waals surface area (Å²) in [6, 6.07) is 8.19. The summed E-state index contributed by atoms with van der Waals surface area (Å²) in [4.78, 5) is 0. The van der Waals surface area contributed by atoms with Crippen LogP contribution in [0.4, 0.5) is 0 Å². The van der Waals surface area contributed by atoms with E-state index in [4.69, 9.17) is 0 Å². The molecular formula is C15H18BrIO. The predicted octanol–water partition coefficient (Wildman–Crippen LogP) is 4.65. The highest BCUT2D eigenvalue weighted by Gasteiger charge is 2.60. The summed E-state index contributed by atoms with van der Waals surface area (Å²) in [5, 5.41) is 11.2. The predicted molar refractivity (Wildman–Crippen MR) is 85.9 cm³/mol. The Hall–Kier alpha value is 0.390. The monoisotopic (exact) mass is 420 g/mol. The summed E-state index contributed by atoms with van der Waals surface area (Å²) < 4.78 is 1.67. The lowest BCUT2D eigenvalue weighted by Crippen LogP contribution is -2.46. The molecule has 18 heavy (non-hydrogen) atoms. The van der Waals surface area contributed by atoms with Crippen molar-refractivity contribution in [3.63, 3.8) is 0 Å². The van der Waals surface area contributed by atoms with Gasteiger partial charge < -0.3 is 5.11 Å². The molecule has 1 aromatic rings. The Kier molecular flexibility index (Phi) is 3.31.